The largest absolute Gasteiger partial charge is 0.377 e. The molecule has 0 saturated heterocycles. The van der Waals surface area contributed by atoms with Crippen molar-refractivity contribution in [3.8, 4) is 12.3 Å². The van der Waals surface area contributed by atoms with Crippen LogP contribution in [0, 0.1) is 12.3 Å². The zero-order valence-corrected chi connectivity index (χ0v) is 8.97. The molecule has 0 heterocycles. The van der Waals surface area contributed by atoms with Crippen LogP contribution in [-0.2, 0) is 4.74 Å². The number of nitrogens with one attached hydrogen (secondary N) is 1. The summed E-state index contributed by atoms with van der Waals surface area (Å²) in [6.07, 6.45) is 8.47. The van der Waals surface area contributed by atoms with Crippen molar-refractivity contribution in [2.45, 2.75) is 45.3 Å². The molecule has 76 valence electrons. The van der Waals surface area contributed by atoms with Crippen molar-refractivity contribution < 1.29 is 4.74 Å². The third-order valence-electron chi connectivity index (χ3n) is 2.20. The van der Waals surface area contributed by atoms with Crippen molar-refractivity contribution in [3.63, 3.8) is 0 Å². The van der Waals surface area contributed by atoms with Crippen LogP contribution in [0.15, 0.2) is 0 Å². The molecule has 0 spiro atoms. The van der Waals surface area contributed by atoms with Gasteiger partial charge in [0.15, 0.2) is 0 Å². The zero-order chi connectivity index (χ0) is 10.1. The average molecular weight is 183 g/mol. The van der Waals surface area contributed by atoms with E-state index < -0.39 is 0 Å². The third kappa shape index (κ3) is 5.68. The summed E-state index contributed by atoms with van der Waals surface area (Å²) in [5.41, 5.74) is 0. The van der Waals surface area contributed by atoms with Gasteiger partial charge >= 0.3 is 0 Å². The van der Waals surface area contributed by atoms with E-state index in [1.807, 2.05) is 14.0 Å². The summed E-state index contributed by atoms with van der Waals surface area (Å²) in [6, 6.07) is 0.424. The van der Waals surface area contributed by atoms with Crippen LogP contribution in [0.3, 0.4) is 0 Å². The van der Waals surface area contributed by atoms with Gasteiger partial charge in [-0.3, -0.25) is 0 Å². The molecule has 13 heavy (non-hydrogen) atoms. The lowest BCUT2D eigenvalue weighted by molar-refractivity contribution is 0.0469. The number of terminal acetylenes is 1. The average Bonchev–Trinajstić information content (AvgIpc) is 2.13. The molecule has 2 heteroatoms. The molecule has 0 aliphatic carbocycles. The third-order valence-corrected chi connectivity index (χ3v) is 2.20. The fourth-order valence-corrected chi connectivity index (χ4v) is 1.42. The molecule has 2 nitrogen and oxygen atoms in total. The Kier molecular flexibility index (Phi) is 7.77. The Balaban J connectivity index is 3.67. The van der Waals surface area contributed by atoms with Crippen LogP contribution in [0.5, 0.6) is 0 Å². The molecule has 1 N–H and O–H groups in total. The molecule has 2 atom stereocenters. The van der Waals surface area contributed by atoms with Crippen LogP contribution >= 0.6 is 0 Å². The number of ether oxygens (including phenoxy) is 1. The highest BCUT2D eigenvalue weighted by molar-refractivity contribution is 4.84. The summed E-state index contributed by atoms with van der Waals surface area (Å²) < 4.78 is 5.51. The molecule has 0 fully saturated rings. The van der Waals surface area contributed by atoms with Crippen molar-refractivity contribution >= 4 is 0 Å². The summed E-state index contributed by atoms with van der Waals surface area (Å²) in [4.78, 5) is 0. The van der Waals surface area contributed by atoms with Gasteiger partial charge in [0.2, 0.25) is 0 Å². The normalized spacial score (nSPS) is 14.9. The Labute approximate surface area is 82.1 Å². The Hall–Kier alpha value is -0.520. The second-order valence-corrected chi connectivity index (χ2v) is 3.15. The highest BCUT2D eigenvalue weighted by Gasteiger charge is 2.14. The first-order valence-corrected chi connectivity index (χ1v) is 4.98. The minimum Gasteiger partial charge on any atom is -0.377 e. The first-order valence-electron chi connectivity index (χ1n) is 4.98. The summed E-state index contributed by atoms with van der Waals surface area (Å²) in [5.74, 6) is 2.65. The molecule has 0 rings (SSSR count). The molecule has 0 bridgehead atoms. The second kappa shape index (κ2) is 8.10. The summed E-state index contributed by atoms with van der Waals surface area (Å²) in [5, 5.41) is 3.25. The smallest absolute Gasteiger partial charge is 0.0699 e. The van der Waals surface area contributed by atoms with Gasteiger partial charge in [-0.2, -0.15) is 0 Å². The first-order chi connectivity index (χ1) is 6.26. The summed E-state index contributed by atoms with van der Waals surface area (Å²) >= 11 is 0. The summed E-state index contributed by atoms with van der Waals surface area (Å²) in [6.45, 7) is 4.89. The maximum absolute atomic E-state index is 5.51. The molecule has 0 radical (unpaired) electrons. The van der Waals surface area contributed by atoms with E-state index in [0.29, 0.717) is 6.04 Å². The molecule has 0 amide bonds. The molecule has 0 aliphatic heterocycles. The van der Waals surface area contributed by atoms with E-state index in [1.165, 1.54) is 0 Å². The molecular formula is C11H21NO. The molecular weight excluding hydrogens is 162 g/mol. The quantitative estimate of drug-likeness (QED) is 0.480. The molecule has 0 aromatic heterocycles. The highest BCUT2D eigenvalue weighted by atomic mass is 16.5. The number of hydrogen-bond acceptors (Lipinski definition) is 2. The van der Waals surface area contributed by atoms with Gasteiger partial charge < -0.3 is 10.1 Å². The topological polar surface area (TPSA) is 21.3 Å². The number of rotatable bonds is 7. The summed E-state index contributed by atoms with van der Waals surface area (Å²) in [7, 11) is 1.97. The Bertz CT molecular complexity index is 151. The molecule has 0 aromatic carbocycles. The number of likely N-dealkylation sites (N-methyl/N-ethyl adjacent to an activating group) is 1. The van der Waals surface area contributed by atoms with Crippen molar-refractivity contribution in [1.29, 1.82) is 0 Å². The molecule has 2 unspecified atom stereocenters. The van der Waals surface area contributed by atoms with Gasteiger partial charge in [-0.05, 0) is 33.7 Å². The van der Waals surface area contributed by atoms with E-state index in [4.69, 9.17) is 11.2 Å². The standard InChI is InChI=1S/C11H21NO/c1-5-7-8-9-11(12-4)10(3)13-6-2/h1,10-12H,6-9H2,2-4H3. The van der Waals surface area contributed by atoms with E-state index in [0.717, 1.165) is 25.9 Å². The van der Waals surface area contributed by atoms with Crippen LogP contribution in [0.25, 0.3) is 0 Å². The van der Waals surface area contributed by atoms with Gasteiger partial charge in [0.05, 0.1) is 6.10 Å². The highest BCUT2D eigenvalue weighted by Crippen LogP contribution is 2.07. The number of hydrogen-bond donors (Lipinski definition) is 1. The fraction of sp³-hybridized carbons (Fsp3) is 0.818. The Morgan fingerprint density at radius 1 is 1.54 bits per heavy atom. The minimum atomic E-state index is 0.271. The fourth-order valence-electron chi connectivity index (χ4n) is 1.42. The lowest BCUT2D eigenvalue weighted by atomic mass is 10.1. The minimum absolute atomic E-state index is 0.271. The van der Waals surface area contributed by atoms with E-state index in [9.17, 15) is 0 Å². The van der Waals surface area contributed by atoms with E-state index in [-0.39, 0.29) is 6.10 Å². The molecule has 0 aliphatic rings. The van der Waals surface area contributed by atoms with Crippen molar-refractivity contribution in [1.82, 2.24) is 5.32 Å². The SMILES string of the molecule is C#CCCCC(NC)C(C)OCC. The van der Waals surface area contributed by atoms with Crippen LogP contribution in [0.4, 0.5) is 0 Å². The molecule has 0 saturated carbocycles. The molecule has 0 aromatic rings. The van der Waals surface area contributed by atoms with Crippen LogP contribution in [-0.4, -0.2) is 25.8 Å². The van der Waals surface area contributed by atoms with Gasteiger partial charge in [-0.15, -0.1) is 12.3 Å². The predicted octanol–water partition coefficient (Wildman–Crippen LogP) is 1.80. The van der Waals surface area contributed by atoms with Crippen LogP contribution in [0.2, 0.25) is 0 Å². The van der Waals surface area contributed by atoms with Gasteiger partial charge in [-0.1, -0.05) is 0 Å². The van der Waals surface area contributed by atoms with Gasteiger partial charge in [0, 0.05) is 19.1 Å². The van der Waals surface area contributed by atoms with Gasteiger partial charge in [0.25, 0.3) is 0 Å². The number of unbranched alkanes of at least 4 members (excludes halogenated alkanes) is 1. The predicted molar refractivity (Wildman–Crippen MR) is 56.6 cm³/mol. The van der Waals surface area contributed by atoms with Gasteiger partial charge in [0.1, 0.15) is 0 Å². The van der Waals surface area contributed by atoms with Crippen molar-refractivity contribution in [3.05, 3.63) is 0 Å². The zero-order valence-electron chi connectivity index (χ0n) is 8.97. The van der Waals surface area contributed by atoms with Gasteiger partial charge in [-0.25, -0.2) is 0 Å². The van der Waals surface area contributed by atoms with Crippen LogP contribution in [0.1, 0.15) is 33.1 Å². The maximum Gasteiger partial charge on any atom is 0.0699 e. The lowest BCUT2D eigenvalue weighted by Crippen LogP contribution is -2.37. The maximum atomic E-state index is 5.51. The monoisotopic (exact) mass is 183 g/mol. The Morgan fingerprint density at radius 3 is 2.69 bits per heavy atom. The van der Waals surface area contributed by atoms with Crippen molar-refractivity contribution in [2.75, 3.05) is 13.7 Å². The van der Waals surface area contributed by atoms with E-state index >= 15 is 0 Å². The van der Waals surface area contributed by atoms with E-state index in [1.54, 1.807) is 0 Å². The van der Waals surface area contributed by atoms with E-state index in [2.05, 4.69) is 18.2 Å². The lowest BCUT2D eigenvalue weighted by Gasteiger charge is -2.22. The Morgan fingerprint density at radius 2 is 2.23 bits per heavy atom. The van der Waals surface area contributed by atoms with Crippen LogP contribution < -0.4 is 5.32 Å². The first kappa shape index (κ1) is 12.5. The second-order valence-electron chi connectivity index (χ2n) is 3.15. The van der Waals surface area contributed by atoms with Crippen molar-refractivity contribution in [2.24, 2.45) is 0 Å².